The third-order valence-corrected chi connectivity index (χ3v) is 9.25. The molecule has 0 aliphatic heterocycles. The van der Waals surface area contributed by atoms with Crippen LogP contribution in [0.15, 0.2) is 78.9 Å². The Hall–Kier alpha value is -3.95. The van der Waals surface area contributed by atoms with Gasteiger partial charge in [-0.3, -0.25) is 9.59 Å². The molecular weight excluding hydrogens is 547 g/mol. The molecule has 0 saturated carbocycles. The quantitative estimate of drug-likeness (QED) is 0.137. The van der Waals surface area contributed by atoms with Crippen LogP contribution in [0, 0.1) is 0 Å². The van der Waals surface area contributed by atoms with Crippen LogP contribution < -0.4 is 0 Å². The van der Waals surface area contributed by atoms with Gasteiger partial charge in [0.25, 0.3) is 0 Å². The Balaban J connectivity index is 1.51. The summed E-state index contributed by atoms with van der Waals surface area (Å²) < 4.78 is 0. The lowest BCUT2D eigenvalue weighted by Crippen LogP contribution is -2.11. The summed E-state index contributed by atoms with van der Waals surface area (Å²) in [5, 5.41) is 9.35. The number of ketones is 2. The number of hydrogen-bond acceptors (Lipinski definition) is 2. The van der Waals surface area contributed by atoms with E-state index in [1.807, 2.05) is 54.6 Å². The van der Waals surface area contributed by atoms with Gasteiger partial charge in [-0.05, 0) is 86.3 Å². The van der Waals surface area contributed by atoms with E-state index < -0.39 is 0 Å². The third kappa shape index (κ3) is 2.55. The lowest BCUT2D eigenvalue weighted by Gasteiger charge is -2.26. The number of carbonyl (C=O) groups excluding carboxylic acids is 2. The predicted octanol–water partition coefficient (Wildman–Crippen LogP) is 10.1. The maximum atomic E-state index is 13.7. The maximum Gasteiger partial charge on any atom is 0.194 e. The molecule has 0 saturated heterocycles. The van der Waals surface area contributed by atoms with Gasteiger partial charge in [-0.25, -0.2) is 0 Å². The number of halogens is 3. The summed E-state index contributed by atoms with van der Waals surface area (Å²) in [7, 11) is 0. The molecule has 0 spiro atoms. The van der Waals surface area contributed by atoms with Crippen molar-refractivity contribution in [2.75, 3.05) is 0 Å². The summed E-state index contributed by atoms with van der Waals surface area (Å²) >= 11 is 19.7. The van der Waals surface area contributed by atoms with Crippen LogP contribution in [0.3, 0.4) is 0 Å². The van der Waals surface area contributed by atoms with Crippen LogP contribution in [0.25, 0.3) is 65.3 Å². The summed E-state index contributed by atoms with van der Waals surface area (Å²) in [6.07, 6.45) is 0. The Morgan fingerprint density at radius 3 is 1.49 bits per heavy atom. The Labute approximate surface area is 236 Å². The van der Waals surface area contributed by atoms with Gasteiger partial charge < -0.3 is 0 Å². The van der Waals surface area contributed by atoms with Crippen molar-refractivity contribution in [1.82, 2.24) is 0 Å². The number of fused-ring (bicyclic) bond motifs is 6. The number of carbonyl (C=O) groups is 2. The molecular formula is C34H13Cl3O2. The molecule has 39 heavy (non-hydrogen) atoms. The molecule has 0 atom stereocenters. The molecule has 2 nitrogen and oxygen atoms in total. The van der Waals surface area contributed by atoms with Gasteiger partial charge in [-0.1, -0.05) is 71.2 Å². The summed E-state index contributed by atoms with van der Waals surface area (Å²) in [4.78, 5) is 27.3. The first-order valence-corrected chi connectivity index (χ1v) is 13.6. The van der Waals surface area contributed by atoms with Crippen LogP contribution in [0.1, 0.15) is 31.8 Å². The van der Waals surface area contributed by atoms with E-state index in [0.29, 0.717) is 37.3 Å². The summed E-state index contributed by atoms with van der Waals surface area (Å²) in [5.74, 6) is -0.0802. The monoisotopic (exact) mass is 558 g/mol. The molecule has 5 heteroatoms. The maximum absolute atomic E-state index is 13.7. The first-order valence-electron chi connectivity index (χ1n) is 12.5. The minimum absolute atomic E-state index is 0.0355. The highest BCUT2D eigenvalue weighted by molar-refractivity contribution is 6.47. The molecule has 0 radical (unpaired) electrons. The van der Waals surface area contributed by atoms with E-state index in [4.69, 9.17) is 34.8 Å². The van der Waals surface area contributed by atoms with Gasteiger partial charge in [0.15, 0.2) is 11.6 Å². The van der Waals surface area contributed by atoms with E-state index >= 15 is 0 Å². The van der Waals surface area contributed by atoms with Crippen LogP contribution >= 0.6 is 34.8 Å². The number of hydrogen-bond donors (Lipinski definition) is 0. The molecule has 0 unspecified atom stereocenters. The summed E-state index contributed by atoms with van der Waals surface area (Å²) in [6.45, 7) is 0. The standard InChI is InChI=1S/C34H13Cl3O2/c35-14-1-3-16-18-5-8-21-28-19(6-9-22(29(18)28)33(38)25(16)11-14)20-7-10-23-30-24(13-27(37)31(21)32(20)30)17-4-2-15(36)12-26(17)34(23)39/h1-13H. The molecule has 0 fully saturated rings. The predicted molar refractivity (Wildman–Crippen MR) is 160 cm³/mol. The molecule has 182 valence electrons. The topological polar surface area (TPSA) is 34.1 Å². The molecule has 2 aliphatic carbocycles. The van der Waals surface area contributed by atoms with Gasteiger partial charge in [0.1, 0.15) is 0 Å². The fraction of sp³-hybridized carbons (Fsp3) is 0. The lowest BCUT2D eigenvalue weighted by atomic mass is 9.76. The zero-order chi connectivity index (χ0) is 26.3. The number of benzene rings is 7. The van der Waals surface area contributed by atoms with Gasteiger partial charge in [0.2, 0.25) is 0 Å². The molecule has 7 aromatic carbocycles. The van der Waals surface area contributed by atoms with Crippen molar-refractivity contribution in [3.63, 3.8) is 0 Å². The van der Waals surface area contributed by atoms with Crippen molar-refractivity contribution in [3.05, 3.63) is 116 Å². The normalized spacial score (nSPS) is 13.6. The molecule has 0 aromatic heterocycles. The van der Waals surface area contributed by atoms with Crippen LogP contribution in [-0.4, -0.2) is 11.6 Å². The molecule has 7 aromatic rings. The first kappa shape index (κ1) is 21.9. The highest BCUT2D eigenvalue weighted by Crippen LogP contribution is 2.52. The Kier molecular flexibility index (Phi) is 4.03. The Bertz CT molecular complexity index is 2350. The largest absolute Gasteiger partial charge is 0.289 e. The average Bonchev–Trinajstić information content (AvgIpc) is 2.94. The summed E-state index contributed by atoms with van der Waals surface area (Å²) in [6, 6.07) is 24.9. The first-order chi connectivity index (χ1) is 18.9. The second-order valence-corrected chi connectivity index (χ2v) is 11.6. The van der Waals surface area contributed by atoms with E-state index in [0.717, 1.165) is 65.3 Å². The fourth-order valence-electron chi connectivity index (χ4n) is 6.93. The van der Waals surface area contributed by atoms with E-state index in [1.54, 1.807) is 12.1 Å². The van der Waals surface area contributed by atoms with Crippen molar-refractivity contribution in [3.8, 4) is 22.3 Å². The zero-order valence-electron chi connectivity index (χ0n) is 20.0. The molecule has 0 heterocycles. The molecule has 0 bridgehead atoms. The molecule has 0 amide bonds. The van der Waals surface area contributed by atoms with Gasteiger partial charge in [-0.2, -0.15) is 0 Å². The van der Waals surface area contributed by atoms with Crippen LogP contribution in [-0.2, 0) is 0 Å². The van der Waals surface area contributed by atoms with Crippen LogP contribution in [0.5, 0.6) is 0 Å². The van der Waals surface area contributed by atoms with Gasteiger partial charge in [0.05, 0.1) is 0 Å². The van der Waals surface area contributed by atoms with Crippen LogP contribution in [0.2, 0.25) is 15.1 Å². The minimum Gasteiger partial charge on any atom is -0.289 e. The van der Waals surface area contributed by atoms with Crippen molar-refractivity contribution in [2.45, 2.75) is 0 Å². The number of rotatable bonds is 0. The smallest absolute Gasteiger partial charge is 0.194 e. The molecule has 0 N–H and O–H groups in total. The van der Waals surface area contributed by atoms with E-state index in [1.165, 1.54) is 0 Å². The molecule has 9 rings (SSSR count). The second-order valence-electron chi connectivity index (χ2n) is 10.3. The van der Waals surface area contributed by atoms with Gasteiger partial charge >= 0.3 is 0 Å². The van der Waals surface area contributed by atoms with E-state index in [2.05, 4.69) is 12.1 Å². The lowest BCUT2D eigenvalue weighted by molar-refractivity contribution is 0.103. The fourth-order valence-corrected chi connectivity index (χ4v) is 7.58. The SMILES string of the molecule is O=C1c2cc(Cl)ccc2-c2ccc3c4c(Cl)cc5c6c(ccc(c7ccc1c2c73)c64)C(=O)c1cc(Cl)ccc1-5. The average molecular weight is 560 g/mol. The van der Waals surface area contributed by atoms with Crippen molar-refractivity contribution < 1.29 is 9.59 Å². The van der Waals surface area contributed by atoms with E-state index in [9.17, 15) is 9.59 Å². The minimum atomic E-state index is -0.0447. The Morgan fingerprint density at radius 2 is 0.846 bits per heavy atom. The van der Waals surface area contributed by atoms with Gasteiger partial charge in [0, 0.05) is 58.9 Å². The van der Waals surface area contributed by atoms with Crippen LogP contribution in [0.4, 0.5) is 0 Å². The van der Waals surface area contributed by atoms with Gasteiger partial charge in [-0.15, -0.1) is 0 Å². The van der Waals surface area contributed by atoms with Crippen molar-refractivity contribution in [1.29, 1.82) is 0 Å². The van der Waals surface area contributed by atoms with E-state index in [-0.39, 0.29) is 11.6 Å². The second kappa shape index (κ2) is 7.16. The zero-order valence-corrected chi connectivity index (χ0v) is 22.2. The third-order valence-electron chi connectivity index (χ3n) is 8.48. The Morgan fingerprint density at radius 1 is 0.359 bits per heavy atom. The highest BCUT2D eigenvalue weighted by atomic mass is 35.5. The highest BCUT2D eigenvalue weighted by Gasteiger charge is 2.31. The molecule has 2 aliphatic rings. The summed E-state index contributed by atoms with van der Waals surface area (Å²) in [5.41, 5.74) is 6.14. The van der Waals surface area contributed by atoms with Crippen molar-refractivity contribution >= 4 is 89.5 Å². The van der Waals surface area contributed by atoms with Crippen molar-refractivity contribution in [2.24, 2.45) is 0 Å².